The van der Waals surface area contributed by atoms with Gasteiger partial charge in [0.25, 0.3) is 0 Å². The molecule has 0 amide bonds. The molecule has 0 saturated heterocycles. The summed E-state index contributed by atoms with van der Waals surface area (Å²) >= 11 is 0. The molecule has 84 heavy (non-hydrogen) atoms. The smallest absolute Gasteiger partial charge is 0.00137 e. The third-order valence-corrected chi connectivity index (χ3v) is 25.9. The van der Waals surface area contributed by atoms with E-state index in [-0.39, 0.29) is 0 Å². The fraction of sp³-hybridized carbons (Fsp3) is 0.250. The van der Waals surface area contributed by atoms with Gasteiger partial charge in [0.1, 0.15) is 0 Å². The molecule has 426 valence electrons. The molecule has 0 unspecified atom stereocenters. The van der Waals surface area contributed by atoms with Gasteiger partial charge in [-0.3, -0.25) is 0 Å². The Morgan fingerprint density at radius 2 is 0.298 bits per heavy atom. The fourth-order valence-corrected chi connectivity index (χ4v) is 24.2. The molecule has 10 aromatic carbocycles. The van der Waals surface area contributed by atoms with Gasteiger partial charge >= 0.3 is 0 Å². The van der Waals surface area contributed by atoms with Crippen LogP contribution in [0.1, 0.15) is 111 Å². The Morgan fingerprint density at radius 3 is 0.417 bits per heavy atom. The van der Waals surface area contributed by atoms with Crippen molar-refractivity contribution in [1.29, 1.82) is 0 Å². The summed E-state index contributed by atoms with van der Waals surface area (Å²) in [6.07, 6.45) is 3.70. The average molecular weight is 1170 g/mol. The Kier molecular flexibility index (Phi) is 19.1. The van der Waals surface area contributed by atoms with Crippen molar-refractivity contribution in [3.63, 3.8) is 0 Å². The van der Waals surface area contributed by atoms with Crippen LogP contribution in [0.25, 0.3) is 11.1 Å². The van der Waals surface area contributed by atoms with Crippen molar-refractivity contribution in [2.24, 2.45) is 0 Å². The molecular weight excluding hydrogens is 1080 g/mol. The van der Waals surface area contributed by atoms with Gasteiger partial charge in [-0.15, -0.1) is 0 Å². The Balaban J connectivity index is 1.32. The van der Waals surface area contributed by atoms with E-state index in [0.717, 1.165) is 24.6 Å². The lowest BCUT2D eigenvalue weighted by molar-refractivity contribution is 1.26. The van der Waals surface area contributed by atoms with E-state index in [4.69, 9.17) is 0 Å². The van der Waals surface area contributed by atoms with E-state index in [0.29, 0.717) is 0 Å². The molecule has 0 aromatic heterocycles. The predicted octanol–water partition coefficient (Wildman–Crippen LogP) is 18.8. The number of aryl methyl sites for hydroxylation is 16. The van der Waals surface area contributed by atoms with Crippen LogP contribution >= 0.6 is 31.7 Å². The summed E-state index contributed by atoms with van der Waals surface area (Å²) in [4.78, 5) is 0. The third-order valence-electron chi connectivity index (χ3n) is 16.2. The van der Waals surface area contributed by atoms with E-state index >= 15 is 0 Å². The molecule has 0 fully saturated rings. The van der Waals surface area contributed by atoms with Crippen molar-refractivity contribution in [3.05, 3.63) is 293 Å². The summed E-state index contributed by atoms with van der Waals surface area (Å²) in [6, 6.07) is 73.8. The summed E-state index contributed by atoms with van der Waals surface area (Å²) in [7, 11) is -3.40. The molecule has 10 aromatic rings. The van der Waals surface area contributed by atoms with Crippen molar-refractivity contribution in [2.75, 3.05) is 0 Å². The maximum atomic E-state index is 2.54. The zero-order valence-electron chi connectivity index (χ0n) is 52.9. The van der Waals surface area contributed by atoms with Crippen molar-refractivity contribution in [2.45, 2.75) is 135 Å². The van der Waals surface area contributed by atoms with Crippen molar-refractivity contribution < 1.29 is 0 Å². The maximum absolute atomic E-state index is 2.54. The summed E-state index contributed by atoms with van der Waals surface area (Å²) in [5, 5.41) is 11.6. The number of hydrogen-bond donors (Lipinski definition) is 0. The molecule has 0 radical (unpaired) electrons. The highest BCUT2D eigenvalue weighted by Gasteiger charge is 2.29. The van der Waals surface area contributed by atoms with Crippen LogP contribution < -0.4 is 42.4 Å². The number of benzene rings is 10. The van der Waals surface area contributed by atoms with Crippen LogP contribution in [0.4, 0.5) is 0 Å². The van der Waals surface area contributed by atoms with Gasteiger partial charge in [0.15, 0.2) is 0 Å². The van der Waals surface area contributed by atoms with Crippen LogP contribution in [0.5, 0.6) is 0 Å². The fourth-order valence-electron chi connectivity index (χ4n) is 13.3. The second-order valence-electron chi connectivity index (χ2n) is 25.0. The molecule has 0 aliphatic heterocycles. The van der Waals surface area contributed by atoms with Gasteiger partial charge in [0.2, 0.25) is 0 Å². The van der Waals surface area contributed by atoms with Gasteiger partial charge < -0.3 is 0 Å². The van der Waals surface area contributed by atoms with Gasteiger partial charge in [0.05, 0.1) is 0 Å². The lowest BCUT2D eigenvalue weighted by Gasteiger charge is -2.30. The largest absolute Gasteiger partial charge is 0.0617 e. The molecule has 0 atom stereocenters. The Hall–Kier alpha value is -6.08. The van der Waals surface area contributed by atoms with Crippen LogP contribution in [0.15, 0.2) is 182 Å². The van der Waals surface area contributed by atoms with E-state index in [1.165, 1.54) is 165 Å². The summed E-state index contributed by atoms with van der Waals surface area (Å²) in [6.45, 7) is 36.6. The molecule has 0 aliphatic carbocycles. The van der Waals surface area contributed by atoms with Crippen molar-refractivity contribution in [1.82, 2.24) is 0 Å². The number of hydrogen-bond acceptors (Lipinski definition) is 0. The maximum Gasteiger partial charge on any atom is 0.00137 e. The molecule has 0 N–H and O–H groups in total. The molecular formula is C80H86P4. The first kappa shape index (κ1) is 61.0. The van der Waals surface area contributed by atoms with Crippen molar-refractivity contribution >= 4 is 74.1 Å². The topological polar surface area (TPSA) is 0 Å². The zero-order valence-corrected chi connectivity index (χ0v) is 56.5. The Labute approximate surface area is 510 Å². The quantitative estimate of drug-likeness (QED) is 0.0797. The van der Waals surface area contributed by atoms with Gasteiger partial charge in [-0.25, -0.2) is 0 Å². The van der Waals surface area contributed by atoms with Crippen LogP contribution in [-0.2, 0) is 24.6 Å². The number of rotatable bonds is 17. The first-order valence-electron chi connectivity index (χ1n) is 30.1. The summed E-state index contributed by atoms with van der Waals surface area (Å²) in [5.74, 6) is 0. The van der Waals surface area contributed by atoms with E-state index < -0.39 is 31.7 Å². The molecule has 0 nitrogen and oxygen atoms in total. The minimum atomic E-state index is -0.849. The SMILES string of the molecule is Cc1cc(C)cc(P(Cc2cccc(CP(c3cc(C)cc(C)c3)c3cc(C)cc(C)c3)c2-c2c(CP(c3cc(C)cc(C)c3)c3cc(C)cc(C)c3)cccc2CP(c2cc(C)cc(C)c2)c2cc(C)cc(C)c2)c2cc(C)cc(C)c2)c1. The van der Waals surface area contributed by atoms with E-state index in [2.05, 4.69) is 293 Å². The van der Waals surface area contributed by atoms with Crippen LogP contribution in [0.3, 0.4) is 0 Å². The first-order valence-corrected chi connectivity index (χ1v) is 36.2. The van der Waals surface area contributed by atoms with Gasteiger partial charge in [-0.2, -0.15) is 0 Å². The van der Waals surface area contributed by atoms with Gasteiger partial charge in [0, 0.05) is 24.6 Å². The normalized spacial score (nSPS) is 11.7. The minimum Gasteiger partial charge on any atom is -0.0617 e. The van der Waals surface area contributed by atoms with E-state index in [1.54, 1.807) is 0 Å². The van der Waals surface area contributed by atoms with Crippen LogP contribution in [0, 0.1) is 111 Å². The lowest BCUT2D eigenvalue weighted by Crippen LogP contribution is -2.18. The second kappa shape index (κ2) is 26.3. The molecule has 0 aliphatic rings. The molecule has 0 spiro atoms. The Morgan fingerprint density at radius 1 is 0.179 bits per heavy atom. The second-order valence-corrected chi connectivity index (χ2v) is 33.8. The van der Waals surface area contributed by atoms with Gasteiger partial charge in [-0.1, -0.05) is 271 Å². The van der Waals surface area contributed by atoms with Crippen LogP contribution in [-0.4, -0.2) is 0 Å². The molecule has 0 heterocycles. The predicted molar refractivity (Wildman–Crippen MR) is 379 cm³/mol. The molecule has 10 rings (SSSR count). The molecule has 0 saturated carbocycles. The summed E-state index contributed by atoms with van der Waals surface area (Å²) in [5.41, 5.74) is 29.9. The lowest BCUT2D eigenvalue weighted by atomic mass is 9.89. The minimum absolute atomic E-state index is 0.849. The van der Waals surface area contributed by atoms with Crippen molar-refractivity contribution in [3.8, 4) is 11.1 Å². The standard InChI is InChI=1S/C80H86P4/c1-51-23-52(2)32-71(31-51)81(72-33-53(3)24-54(4)34-72)47-67-19-17-20-68(48-82(73-35-55(5)25-56(6)36-73)74-37-57(7)26-58(8)38-74)79(67)80-69(49-83(75-39-59(9)27-60(10)40-75)76-41-61(11)28-62(12)42-76)21-18-22-70(80)50-84(77-43-63(13)29-64(14)44-77)78-45-65(15)30-66(16)46-78/h17-46H,47-50H2,1-16H3. The Bertz CT molecular complexity index is 3200. The summed E-state index contributed by atoms with van der Waals surface area (Å²) < 4.78 is 0. The molecule has 4 heteroatoms. The highest BCUT2D eigenvalue weighted by Crippen LogP contribution is 2.52. The molecule has 0 bridgehead atoms. The van der Waals surface area contributed by atoms with Crippen LogP contribution in [0.2, 0.25) is 0 Å². The first-order chi connectivity index (χ1) is 40.1. The highest BCUT2D eigenvalue weighted by atomic mass is 31.1. The van der Waals surface area contributed by atoms with E-state index in [1.807, 2.05) is 0 Å². The van der Waals surface area contributed by atoms with E-state index in [9.17, 15) is 0 Å². The highest BCUT2D eigenvalue weighted by molar-refractivity contribution is 7.73. The monoisotopic (exact) mass is 1170 g/mol. The zero-order chi connectivity index (χ0) is 59.7. The third kappa shape index (κ3) is 14.8. The van der Waals surface area contributed by atoms with Gasteiger partial charge in [-0.05, 0) is 218 Å². The average Bonchev–Trinajstić information content (AvgIpc) is 3.53.